The van der Waals surface area contributed by atoms with Gasteiger partial charge in [-0.25, -0.2) is 0 Å². The SMILES string of the molecule is O=C1CCC[C@@](Cc2cc(C(F)(F)F)cc(C(F)(F)F)c2)(c2ccccc2)O1. The molecule has 3 rings (SSSR count). The quantitative estimate of drug-likeness (QED) is 0.473. The lowest BCUT2D eigenvalue weighted by molar-refractivity contribution is -0.169. The summed E-state index contributed by atoms with van der Waals surface area (Å²) in [5.74, 6) is -0.530. The fraction of sp³-hybridized carbons (Fsp3) is 0.350. The van der Waals surface area contributed by atoms with Crippen LogP contribution >= 0.6 is 0 Å². The summed E-state index contributed by atoms with van der Waals surface area (Å²) in [4.78, 5) is 11.9. The Morgan fingerprint density at radius 1 is 0.893 bits per heavy atom. The lowest BCUT2D eigenvalue weighted by atomic mass is 9.80. The molecule has 2 aromatic rings. The molecule has 0 amide bonds. The van der Waals surface area contributed by atoms with E-state index < -0.39 is 35.0 Å². The minimum absolute atomic E-state index is 0.0889. The Labute approximate surface area is 157 Å². The number of ether oxygens (including phenoxy) is 1. The van der Waals surface area contributed by atoms with Gasteiger partial charge in [-0.2, -0.15) is 26.3 Å². The number of halogens is 6. The van der Waals surface area contributed by atoms with Gasteiger partial charge in [0.15, 0.2) is 0 Å². The van der Waals surface area contributed by atoms with Crippen molar-refractivity contribution in [3.05, 3.63) is 70.8 Å². The lowest BCUT2D eigenvalue weighted by Gasteiger charge is -2.37. The van der Waals surface area contributed by atoms with Crippen LogP contribution in [0.3, 0.4) is 0 Å². The molecule has 1 atom stereocenters. The monoisotopic (exact) mass is 402 g/mol. The predicted molar refractivity (Wildman–Crippen MR) is 88.2 cm³/mol. The zero-order valence-corrected chi connectivity index (χ0v) is 14.5. The van der Waals surface area contributed by atoms with E-state index in [2.05, 4.69) is 0 Å². The average molecular weight is 402 g/mol. The third-order valence-corrected chi connectivity index (χ3v) is 4.71. The summed E-state index contributed by atoms with van der Waals surface area (Å²) >= 11 is 0. The van der Waals surface area contributed by atoms with Crippen LogP contribution in [0.25, 0.3) is 0 Å². The van der Waals surface area contributed by atoms with Gasteiger partial charge in [-0.15, -0.1) is 0 Å². The first-order valence-electron chi connectivity index (χ1n) is 8.55. The fourth-order valence-electron chi connectivity index (χ4n) is 3.46. The zero-order chi connectivity index (χ0) is 20.6. The highest BCUT2D eigenvalue weighted by Crippen LogP contribution is 2.41. The maximum Gasteiger partial charge on any atom is 0.416 e. The minimum atomic E-state index is -4.93. The van der Waals surface area contributed by atoms with Crippen LogP contribution in [0.2, 0.25) is 0 Å². The van der Waals surface area contributed by atoms with Crippen LogP contribution in [0, 0.1) is 0 Å². The van der Waals surface area contributed by atoms with Crippen molar-refractivity contribution in [3.63, 3.8) is 0 Å². The van der Waals surface area contributed by atoms with Crippen molar-refractivity contribution in [2.24, 2.45) is 0 Å². The summed E-state index contributed by atoms with van der Waals surface area (Å²) in [5.41, 5.74) is -3.73. The molecule has 8 heteroatoms. The van der Waals surface area contributed by atoms with Gasteiger partial charge in [-0.3, -0.25) is 4.79 Å². The van der Waals surface area contributed by atoms with Crippen molar-refractivity contribution < 1.29 is 35.9 Å². The summed E-state index contributed by atoms with van der Waals surface area (Å²) in [5, 5.41) is 0. The van der Waals surface area contributed by atoms with Crippen molar-refractivity contribution in [2.45, 2.75) is 43.6 Å². The lowest BCUT2D eigenvalue weighted by Crippen LogP contribution is -2.38. The topological polar surface area (TPSA) is 26.3 Å². The van der Waals surface area contributed by atoms with Gasteiger partial charge in [0.05, 0.1) is 11.1 Å². The third kappa shape index (κ3) is 4.31. The second-order valence-corrected chi connectivity index (χ2v) is 6.78. The fourth-order valence-corrected chi connectivity index (χ4v) is 3.46. The van der Waals surface area contributed by atoms with Crippen molar-refractivity contribution >= 4 is 5.97 Å². The smallest absolute Gasteiger partial charge is 0.416 e. The first-order chi connectivity index (χ1) is 13.0. The molecule has 0 N–H and O–H groups in total. The first-order valence-corrected chi connectivity index (χ1v) is 8.55. The Balaban J connectivity index is 2.09. The molecule has 0 aromatic heterocycles. The van der Waals surface area contributed by atoms with Gasteiger partial charge < -0.3 is 4.74 Å². The Morgan fingerprint density at radius 3 is 1.96 bits per heavy atom. The molecule has 0 saturated carbocycles. The number of rotatable bonds is 3. The molecule has 0 unspecified atom stereocenters. The molecule has 1 fully saturated rings. The minimum Gasteiger partial charge on any atom is -0.454 e. The van der Waals surface area contributed by atoms with Crippen LogP contribution in [-0.4, -0.2) is 5.97 Å². The van der Waals surface area contributed by atoms with Crippen molar-refractivity contribution in [1.29, 1.82) is 0 Å². The summed E-state index contributed by atoms with van der Waals surface area (Å²) in [6.45, 7) is 0. The van der Waals surface area contributed by atoms with Gasteiger partial charge in [0.2, 0.25) is 0 Å². The molecule has 2 aromatic carbocycles. The number of alkyl halides is 6. The van der Waals surface area contributed by atoms with E-state index >= 15 is 0 Å². The van der Waals surface area contributed by atoms with E-state index in [0.717, 1.165) is 0 Å². The molecule has 1 aliphatic heterocycles. The van der Waals surface area contributed by atoms with Gasteiger partial charge in [-0.1, -0.05) is 30.3 Å². The maximum atomic E-state index is 13.1. The van der Waals surface area contributed by atoms with E-state index in [1.807, 2.05) is 0 Å². The highest BCUT2D eigenvalue weighted by molar-refractivity contribution is 5.71. The molecule has 0 spiro atoms. The normalized spacial score (nSPS) is 20.7. The van der Waals surface area contributed by atoms with Crippen LogP contribution < -0.4 is 0 Å². The van der Waals surface area contributed by atoms with Crippen LogP contribution in [0.1, 0.15) is 41.5 Å². The zero-order valence-electron chi connectivity index (χ0n) is 14.5. The molecule has 28 heavy (non-hydrogen) atoms. The van der Waals surface area contributed by atoms with Crippen LogP contribution in [0.15, 0.2) is 48.5 Å². The molecule has 1 saturated heterocycles. The third-order valence-electron chi connectivity index (χ3n) is 4.71. The number of hydrogen-bond donors (Lipinski definition) is 0. The van der Waals surface area contributed by atoms with Gasteiger partial charge in [-0.05, 0) is 42.2 Å². The van der Waals surface area contributed by atoms with E-state index in [9.17, 15) is 31.1 Å². The molecule has 1 aliphatic rings. The number of esters is 1. The molecular weight excluding hydrogens is 386 g/mol. The molecule has 0 aliphatic carbocycles. The summed E-state index contributed by atoms with van der Waals surface area (Å²) in [6.07, 6.45) is -9.25. The van der Waals surface area contributed by atoms with Gasteiger partial charge in [0, 0.05) is 12.8 Å². The Kier molecular flexibility index (Phi) is 5.16. The predicted octanol–water partition coefficient (Wildman–Crippen LogP) is 5.89. The largest absolute Gasteiger partial charge is 0.454 e. The Bertz CT molecular complexity index is 825. The van der Waals surface area contributed by atoms with Crippen molar-refractivity contribution in [2.75, 3.05) is 0 Å². The van der Waals surface area contributed by atoms with Crippen LogP contribution in [0.5, 0.6) is 0 Å². The van der Waals surface area contributed by atoms with Crippen molar-refractivity contribution in [3.8, 4) is 0 Å². The number of benzene rings is 2. The van der Waals surface area contributed by atoms with E-state index in [0.29, 0.717) is 30.5 Å². The summed E-state index contributed by atoms with van der Waals surface area (Å²) < 4.78 is 84.4. The number of carbonyl (C=O) groups is 1. The number of carbonyl (C=O) groups excluding carboxylic acids is 1. The Morgan fingerprint density at radius 2 is 1.46 bits per heavy atom. The van der Waals surface area contributed by atoms with Gasteiger partial charge in [0.1, 0.15) is 5.60 Å². The number of cyclic esters (lactones) is 1. The molecular formula is C20H16F6O2. The van der Waals surface area contributed by atoms with Crippen LogP contribution in [0.4, 0.5) is 26.3 Å². The molecule has 1 heterocycles. The Hall–Kier alpha value is -2.51. The van der Waals surface area contributed by atoms with Gasteiger partial charge in [0.25, 0.3) is 0 Å². The molecule has 0 bridgehead atoms. The van der Waals surface area contributed by atoms with Crippen molar-refractivity contribution in [1.82, 2.24) is 0 Å². The highest BCUT2D eigenvalue weighted by Gasteiger charge is 2.41. The van der Waals surface area contributed by atoms with E-state index in [-0.39, 0.29) is 24.5 Å². The van der Waals surface area contributed by atoms with Gasteiger partial charge >= 0.3 is 18.3 Å². The molecule has 2 nitrogen and oxygen atoms in total. The van der Waals surface area contributed by atoms with E-state index in [1.165, 1.54) is 0 Å². The van der Waals surface area contributed by atoms with Crippen LogP contribution in [-0.2, 0) is 33.9 Å². The van der Waals surface area contributed by atoms with E-state index in [1.54, 1.807) is 30.3 Å². The maximum absolute atomic E-state index is 13.1. The summed E-state index contributed by atoms with van der Waals surface area (Å²) in [7, 11) is 0. The molecule has 150 valence electrons. The highest BCUT2D eigenvalue weighted by atomic mass is 19.4. The first kappa shape index (κ1) is 20.2. The van der Waals surface area contributed by atoms with E-state index in [4.69, 9.17) is 4.74 Å². The second kappa shape index (κ2) is 7.14. The molecule has 0 radical (unpaired) electrons. The standard InChI is InChI=1S/C20H16F6O2/c21-19(22,23)15-9-13(10-16(11-15)20(24,25)26)12-18(8-4-7-17(27)28-18)14-5-2-1-3-6-14/h1-3,5-6,9-11H,4,7-8,12H2/t18-/m1/s1. The average Bonchev–Trinajstić information content (AvgIpc) is 2.61. The number of hydrogen-bond acceptors (Lipinski definition) is 2. The summed E-state index contributed by atoms with van der Waals surface area (Å²) in [6, 6.07) is 9.82. The second-order valence-electron chi connectivity index (χ2n) is 6.78.